The minimum absolute atomic E-state index is 0.314. The topological polar surface area (TPSA) is 78.3 Å². The van der Waals surface area contributed by atoms with Gasteiger partial charge in [0.05, 0.1) is 5.69 Å². The van der Waals surface area contributed by atoms with E-state index in [9.17, 15) is 9.90 Å². The Hall–Kier alpha value is -2.12. The lowest BCUT2D eigenvalue weighted by Gasteiger charge is -2.52. The molecule has 6 nitrogen and oxygen atoms in total. The highest BCUT2D eigenvalue weighted by Gasteiger charge is 2.46. The number of carboxylic acids is 1. The molecule has 158 valence electrons. The van der Waals surface area contributed by atoms with Crippen LogP contribution in [-0.4, -0.2) is 39.0 Å². The second-order valence-electron chi connectivity index (χ2n) is 9.24. The highest BCUT2D eigenvalue weighted by Crippen LogP contribution is 2.48. The summed E-state index contributed by atoms with van der Waals surface area (Å²) in [6.07, 6.45) is 4.97. The molecule has 0 spiro atoms. The van der Waals surface area contributed by atoms with Crippen molar-refractivity contribution in [3.8, 4) is 0 Å². The van der Waals surface area contributed by atoms with Crippen molar-refractivity contribution in [3.63, 3.8) is 0 Å². The molecule has 1 aliphatic carbocycles. The standard InChI is InChI=1S/C23H28N4O2S/c1-13-7-14(2)18-12-27(11-17(13)16(18)9-21(28)29)10-15-3-4-20-19(8-15)26-22-23(30-20)25-6-5-24-22/h3-6,8,13-14,16-18H,7,9-12H2,1-2H3,(H,24,26)(H,28,29)/t13-,14-,16?,17?,18?/m1/s1. The summed E-state index contributed by atoms with van der Waals surface area (Å²) in [6.45, 7) is 7.52. The second-order valence-corrected chi connectivity index (χ2v) is 10.3. The van der Waals surface area contributed by atoms with Crippen molar-refractivity contribution < 1.29 is 9.90 Å². The summed E-state index contributed by atoms with van der Waals surface area (Å²) in [5, 5.41) is 13.8. The molecular weight excluding hydrogens is 396 g/mol. The summed E-state index contributed by atoms with van der Waals surface area (Å²) in [7, 11) is 0. The van der Waals surface area contributed by atoms with Crippen molar-refractivity contribution >= 4 is 29.2 Å². The van der Waals surface area contributed by atoms with Crippen LogP contribution in [0.25, 0.3) is 0 Å². The molecule has 1 aromatic heterocycles. The van der Waals surface area contributed by atoms with Crippen molar-refractivity contribution in [1.29, 1.82) is 0 Å². The van der Waals surface area contributed by atoms with Crippen LogP contribution < -0.4 is 5.32 Å². The third-order valence-electron chi connectivity index (χ3n) is 7.23. The van der Waals surface area contributed by atoms with Gasteiger partial charge in [0.25, 0.3) is 0 Å². The van der Waals surface area contributed by atoms with Crippen LogP contribution in [0.4, 0.5) is 11.5 Å². The number of benzene rings is 1. The number of carboxylic acid groups (broad SMARTS) is 1. The molecule has 30 heavy (non-hydrogen) atoms. The smallest absolute Gasteiger partial charge is 0.303 e. The van der Waals surface area contributed by atoms with Crippen molar-refractivity contribution in [3.05, 3.63) is 36.2 Å². The molecule has 0 amide bonds. The molecule has 4 atom stereocenters. The maximum Gasteiger partial charge on any atom is 0.303 e. The van der Waals surface area contributed by atoms with E-state index in [1.807, 2.05) is 0 Å². The SMILES string of the molecule is C[C@@H]1C[C@@H](C)C2CN(Cc3ccc4c(c3)Nc3nccnc3S4)CC1C2CC(=O)O. The van der Waals surface area contributed by atoms with Gasteiger partial charge >= 0.3 is 5.97 Å². The number of hydrogen-bond acceptors (Lipinski definition) is 6. The molecule has 3 heterocycles. The third kappa shape index (κ3) is 3.69. The van der Waals surface area contributed by atoms with E-state index < -0.39 is 5.97 Å². The predicted octanol–water partition coefficient (Wildman–Crippen LogP) is 4.50. The Kier molecular flexibility index (Phi) is 5.19. The van der Waals surface area contributed by atoms with Gasteiger partial charge < -0.3 is 10.4 Å². The summed E-state index contributed by atoms with van der Waals surface area (Å²) in [4.78, 5) is 24.0. The first-order valence-corrected chi connectivity index (χ1v) is 11.6. The number of nitrogens with zero attached hydrogens (tertiary/aromatic N) is 3. The van der Waals surface area contributed by atoms with Gasteiger partial charge in [0.15, 0.2) is 5.82 Å². The number of anilines is 2. The first-order chi connectivity index (χ1) is 14.5. The molecule has 5 rings (SSSR count). The maximum atomic E-state index is 11.5. The van der Waals surface area contributed by atoms with Crippen LogP contribution in [0.5, 0.6) is 0 Å². The fourth-order valence-corrected chi connectivity index (χ4v) is 6.75. The third-order valence-corrected chi connectivity index (χ3v) is 8.30. The van der Waals surface area contributed by atoms with Gasteiger partial charge in [-0.05, 0) is 53.7 Å². The minimum atomic E-state index is -0.647. The molecule has 2 N–H and O–H groups in total. The van der Waals surface area contributed by atoms with Crippen LogP contribution >= 0.6 is 11.8 Å². The van der Waals surface area contributed by atoms with E-state index in [1.165, 1.54) is 16.9 Å². The van der Waals surface area contributed by atoms with Gasteiger partial charge in [-0.15, -0.1) is 0 Å². The van der Waals surface area contributed by atoms with Crippen molar-refractivity contribution in [1.82, 2.24) is 14.9 Å². The number of fused-ring (bicyclic) bond motifs is 4. The first kappa shape index (κ1) is 19.8. The van der Waals surface area contributed by atoms with E-state index in [4.69, 9.17) is 0 Å². The number of likely N-dealkylation sites (tertiary alicyclic amines) is 1. The number of rotatable bonds is 4. The Morgan fingerprint density at radius 2 is 1.93 bits per heavy atom. The number of piperidine rings is 1. The van der Waals surface area contributed by atoms with E-state index in [0.29, 0.717) is 36.0 Å². The van der Waals surface area contributed by atoms with Crippen LogP contribution in [0.2, 0.25) is 0 Å². The zero-order chi connectivity index (χ0) is 20.8. The molecular formula is C23H28N4O2S. The zero-order valence-electron chi connectivity index (χ0n) is 17.4. The average Bonchev–Trinajstić information content (AvgIpc) is 2.71. The molecule has 2 aliphatic heterocycles. The predicted molar refractivity (Wildman–Crippen MR) is 117 cm³/mol. The number of hydrogen-bond donors (Lipinski definition) is 2. The van der Waals surface area contributed by atoms with E-state index in [-0.39, 0.29) is 0 Å². The van der Waals surface area contributed by atoms with E-state index >= 15 is 0 Å². The molecule has 3 aliphatic rings. The number of nitrogens with one attached hydrogen (secondary N) is 1. The highest BCUT2D eigenvalue weighted by molar-refractivity contribution is 7.99. The normalized spacial score (nSPS) is 30.1. The fraction of sp³-hybridized carbons (Fsp3) is 0.522. The zero-order valence-corrected chi connectivity index (χ0v) is 18.2. The highest BCUT2D eigenvalue weighted by atomic mass is 32.2. The number of carbonyl (C=O) groups is 1. The van der Waals surface area contributed by atoms with E-state index in [2.05, 4.69) is 52.2 Å². The molecule has 2 unspecified atom stereocenters. The Balaban J connectivity index is 1.33. The number of aromatic nitrogens is 2. The Labute approximate surface area is 181 Å². The van der Waals surface area contributed by atoms with Crippen LogP contribution in [0.1, 0.15) is 32.3 Å². The lowest BCUT2D eigenvalue weighted by atomic mass is 9.59. The molecule has 0 radical (unpaired) electrons. The van der Waals surface area contributed by atoms with Gasteiger partial charge in [0.2, 0.25) is 0 Å². The molecule has 7 heteroatoms. The average molecular weight is 425 g/mol. The summed E-state index contributed by atoms with van der Waals surface area (Å²) in [5.41, 5.74) is 2.37. The van der Waals surface area contributed by atoms with Crippen molar-refractivity contribution in [2.45, 2.75) is 43.2 Å². The van der Waals surface area contributed by atoms with Gasteiger partial charge in [0, 0.05) is 43.3 Å². The Morgan fingerprint density at radius 3 is 2.67 bits per heavy atom. The van der Waals surface area contributed by atoms with Crippen molar-refractivity contribution in [2.75, 3.05) is 18.4 Å². The van der Waals surface area contributed by atoms with Crippen LogP contribution in [0.3, 0.4) is 0 Å². The van der Waals surface area contributed by atoms with E-state index in [1.54, 1.807) is 24.2 Å². The lowest BCUT2D eigenvalue weighted by molar-refractivity contribution is -0.142. The van der Waals surface area contributed by atoms with Gasteiger partial charge in [-0.25, -0.2) is 9.97 Å². The summed E-state index contributed by atoms with van der Waals surface area (Å²) in [6, 6.07) is 6.61. The summed E-state index contributed by atoms with van der Waals surface area (Å²) in [5.74, 6) is 2.61. The molecule has 2 fully saturated rings. The lowest BCUT2D eigenvalue weighted by Crippen LogP contribution is -2.53. The molecule has 2 bridgehead atoms. The quantitative estimate of drug-likeness (QED) is 0.638. The van der Waals surface area contributed by atoms with Crippen LogP contribution in [0, 0.1) is 29.6 Å². The summed E-state index contributed by atoms with van der Waals surface area (Å²) < 4.78 is 0. The molecule has 2 aromatic rings. The van der Waals surface area contributed by atoms with Crippen molar-refractivity contribution in [2.24, 2.45) is 29.6 Å². The summed E-state index contributed by atoms with van der Waals surface area (Å²) >= 11 is 1.65. The molecule has 1 aromatic carbocycles. The van der Waals surface area contributed by atoms with Crippen LogP contribution in [0.15, 0.2) is 40.5 Å². The second kappa shape index (κ2) is 7.85. The maximum absolute atomic E-state index is 11.5. The number of aliphatic carboxylic acids is 1. The minimum Gasteiger partial charge on any atom is -0.481 e. The Bertz CT molecular complexity index is 950. The van der Waals surface area contributed by atoms with E-state index in [0.717, 1.165) is 36.2 Å². The fourth-order valence-electron chi connectivity index (χ4n) is 5.87. The molecule has 1 saturated carbocycles. The van der Waals surface area contributed by atoms with Gasteiger partial charge in [-0.3, -0.25) is 9.69 Å². The largest absolute Gasteiger partial charge is 0.481 e. The Morgan fingerprint density at radius 1 is 1.20 bits per heavy atom. The van der Waals surface area contributed by atoms with Gasteiger partial charge in [-0.1, -0.05) is 31.7 Å². The first-order valence-electron chi connectivity index (χ1n) is 10.8. The molecule has 1 saturated heterocycles. The van der Waals surface area contributed by atoms with Gasteiger partial charge in [0.1, 0.15) is 5.03 Å². The van der Waals surface area contributed by atoms with Gasteiger partial charge in [-0.2, -0.15) is 0 Å². The van der Waals surface area contributed by atoms with Crippen LogP contribution in [-0.2, 0) is 11.3 Å². The monoisotopic (exact) mass is 424 g/mol.